The van der Waals surface area contributed by atoms with Gasteiger partial charge in [-0.25, -0.2) is 0 Å². The molecule has 3 nitrogen and oxygen atoms in total. The van der Waals surface area contributed by atoms with E-state index in [4.69, 9.17) is 0 Å². The lowest BCUT2D eigenvalue weighted by Crippen LogP contribution is -2.23. The molecule has 28 heavy (non-hydrogen) atoms. The van der Waals surface area contributed by atoms with Crippen LogP contribution in [0.15, 0.2) is 17.7 Å². The number of carbonyl (C=O) groups excluding carboxylic acids is 1. The third-order valence-corrected chi connectivity index (χ3v) is 5.59. The van der Waals surface area contributed by atoms with Crippen molar-refractivity contribution >= 4 is 22.6 Å². The second-order valence-electron chi connectivity index (χ2n) is 11.0. The molecule has 0 unspecified atom stereocenters. The summed E-state index contributed by atoms with van der Waals surface area (Å²) in [4.78, 5) is 13.4. The summed E-state index contributed by atoms with van der Waals surface area (Å²) in [6, 6.07) is 3.58. The highest BCUT2D eigenvalue weighted by Crippen LogP contribution is 2.49. The Hall–Kier alpha value is -2.29. The van der Waals surface area contributed by atoms with Crippen LogP contribution < -0.4 is 0 Å². The predicted octanol–water partition coefficient (Wildman–Crippen LogP) is 6.91. The Balaban J connectivity index is 2.59. The Kier molecular flexibility index (Phi) is 4.27. The second-order valence-corrected chi connectivity index (χ2v) is 11.0. The van der Waals surface area contributed by atoms with Crippen LogP contribution in [0.2, 0.25) is 0 Å². The number of rotatable bonds is 0. The molecule has 0 atom stereocenters. The molecule has 1 aliphatic rings. The molecule has 0 aliphatic heterocycles. The zero-order chi connectivity index (χ0) is 21.4. The van der Waals surface area contributed by atoms with E-state index in [1.165, 1.54) is 0 Å². The molecule has 0 aromatic heterocycles. The molecule has 3 rings (SSSR count). The molecular formula is C25H31O3. The summed E-state index contributed by atoms with van der Waals surface area (Å²) in [5.41, 5.74) is 1.97. The van der Waals surface area contributed by atoms with Crippen LogP contribution in [0.4, 0.5) is 0 Å². The number of carbonyl (C=O) groups is 1. The van der Waals surface area contributed by atoms with Crippen molar-refractivity contribution in [3.63, 3.8) is 0 Å². The SMILES string of the molecule is CC(C)(C)C1=Cc2c([O])c(C(C)(C)C)cc3c(O)c(C(C)(C)C)cc(c23)C1=O. The van der Waals surface area contributed by atoms with Crippen LogP contribution in [0.25, 0.3) is 16.8 Å². The van der Waals surface area contributed by atoms with E-state index in [2.05, 4.69) is 0 Å². The van der Waals surface area contributed by atoms with Gasteiger partial charge in [0.2, 0.25) is 0 Å². The molecule has 0 saturated heterocycles. The number of phenolic OH excluding ortho intramolecular Hbond substituents is 1. The van der Waals surface area contributed by atoms with E-state index < -0.39 is 0 Å². The van der Waals surface area contributed by atoms with Gasteiger partial charge < -0.3 is 5.11 Å². The summed E-state index contributed by atoms with van der Waals surface area (Å²) in [5, 5.41) is 25.7. The minimum absolute atomic E-state index is 0.0570. The lowest BCUT2D eigenvalue weighted by Gasteiger charge is -2.30. The van der Waals surface area contributed by atoms with Crippen LogP contribution in [-0.2, 0) is 15.9 Å². The van der Waals surface area contributed by atoms with E-state index in [1.807, 2.05) is 62.3 Å². The van der Waals surface area contributed by atoms with E-state index in [0.29, 0.717) is 33.0 Å². The maximum Gasteiger partial charge on any atom is 0.190 e. The zero-order valence-electron chi connectivity index (χ0n) is 18.5. The minimum Gasteiger partial charge on any atom is -0.507 e. The molecule has 2 aromatic rings. The average molecular weight is 380 g/mol. The Morgan fingerprint density at radius 2 is 1.32 bits per heavy atom. The van der Waals surface area contributed by atoms with Gasteiger partial charge in [0.1, 0.15) is 5.75 Å². The van der Waals surface area contributed by atoms with Crippen molar-refractivity contribution in [1.82, 2.24) is 0 Å². The lowest BCUT2D eigenvalue weighted by atomic mass is 9.72. The van der Waals surface area contributed by atoms with Crippen LogP contribution in [-0.4, -0.2) is 10.9 Å². The van der Waals surface area contributed by atoms with Gasteiger partial charge in [-0.3, -0.25) is 9.90 Å². The van der Waals surface area contributed by atoms with Crippen LogP contribution in [0, 0.1) is 5.41 Å². The fourth-order valence-corrected chi connectivity index (χ4v) is 3.95. The molecule has 0 heterocycles. The third kappa shape index (κ3) is 3.01. The summed E-state index contributed by atoms with van der Waals surface area (Å²) < 4.78 is 0. The van der Waals surface area contributed by atoms with Gasteiger partial charge in [0.15, 0.2) is 11.5 Å². The fourth-order valence-electron chi connectivity index (χ4n) is 3.95. The first-order valence-corrected chi connectivity index (χ1v) is 9.86. The monoisotopic (exact) mass is 379 g/mol. The lowest BCUT2D eigenvalue weighted by molar-refractivity contribution is 0.101. The topological polar surface area (TPSA) is 57.2 Å². The van der Waals surface area contributed by atoms with Crippen molar-refractivity contribution in [2.45, 2.75) is 73.1 Å². The molecule has 0 amide bonds. The maximum atomic E-state index is 13.4. The van der Waals surface area contributed by atoms with E-state index in [1.54, 1.807) is 18.2 Å². The van der Waals surface area contributed by atoms with Crippen molar-refractivity contribution in [2.24, 2.45) is 5.41 Å². The van der Waals surface area contributed by atoms with Gasteiger partial charge >= 0.3 is 0 Å². The Labute approximate surface area is 168 Å². The summed E-state index contributed by atoms with van der Waals surface area (Å²) in [7, 11) is 0. The maximum absolute atomic E-state index is 13.4. The first kappa shape index (κ1) is 20.4. The molecule has 0 saturated carbocycles. The van der Waals surface area contributed by atoms with Crippen molar-refractivity contribution in [3.05, 3.63) is 40.0 Å². The molecule has 0 fully saturated rings. The van der Waals surface area contributed by atoms with Crippen LogP contribution in [0.5, 0.6) is 11.5 Å². The van der Waals surface area contributed by atoms with Crippen molar-refractivity contribution < 1.29 is 15.0 Å². The number of phenols is 1. The van der Waals surface area contributed by atoms with Crippen LogP contribution in [0.3, 0.4) is 0 Å². The molecule has 0 bridgehead atoms. The molecule has 2 aromatic carbocycles. The van der Waals surface area contributed by atoms with Gasteiger partial charge in [0.25, 0.3) is 0 Å². The zero-order valence-corrected chi connectivity index (χ0v) is 18.5. The van der Waals surface area contributed by atoms with E-state index >= 15 is 0 Å². The summed E-state index contributed by atoms with van der Waals surface area (Å²) in [6.07, 6.45) is 1.76. The highest BCUT2D eigenvalue weighted by atomic mass is 16.3. The summed E-state index contributed by atoms with van der Waals surface area (Å²) >= 11 is 0. The van der Waals surface area contributed by atoms with Crippen LogP contribution >= 0.6 is 0 Å². The molecule has 0 spiro atoms. The standard InChI is InChI=1S/C25H31O3/c1-23(2,3)16-10-13-19-14(20(16)26)11-17(24(4,5)6)22(28)15(19)12-18(21(13)27)25(7,8)9/h10-12,26H,1-9H3. The number of aromatic hydroxyl groups is 1. The van der Waals surface area contributed by atoms with E-state index in [0.717, 1.165) is 5.56 Å². The average Bonchev–Trinajstić information content (AvgIpc) is 2.49. The minimum atomic E-state index is -0.384. The third-order valence-electron chi connectivity index (χ3n) is 5.59. The summed E-state index contributed by atoms with van der Waals surface area (Å²) in [5.74, 6) is 0.0511. The van der Waals surface area contributed by atoms with Gasteiger partial charge in [-0.1, -0.05) is 62.3 Å². The van der Waals surface area contributed by atoms with Gasteiger partial charge in [-0.15, -0.1) is 0 Å². The highest BCUT2D eigenvalue weighted by molar-refractivity contribution is 6.25. The fraction of sp³-hybridized carbons (Fsp3) is 0.480. The smallest absolute Gasteiger partial charge is 0.190 e. The quantitative estimate of drug-likeness (QED) is 0.540. The number of hydrogen-bond donors (Lipinski definition) is 1. The molecular weight excluding hydrogens is 348 g/mol. The largest absolute Gasteiger partial charge is 0.507 e. The van der Waals surface area contributed by atoms with E-state index in [-0.39, 0.29) is 33.5 Å². The van der Waals surface area contributed by atoms with Crippen LogP contribution in [0.1, 0.15) is 89.4 Å². The van der Waals surface area contributed by atoms with Gasteiger partial charge in [0, 0.05) is 38.6 Å². The number of ketones is 1. The first-order valence-electron chi connectivity index (χ1n) is 9.86. The van der Waals surface area contributed by atoms with Crippen molar-refractivity contribution in [1.29, 1.82) is 0 Å². The molecule has 1 aliphatic carbocycles. The number of benzene rings is 2. The first-order chi connectivity index (χ1) is 12.5. The normalized spacial score (nSPS) is 15.2. The van der Waals surface area contributed by atoms with Gasteiger partial charge in [-0.05, 0) is 34.5 Å². The van der Waals surface area contributed by atoms with Crippen molar-refractivity contribution in [2.75, 3.05) is 0 Å². The predicted molar refractivity (Wildman–Crippen MR) is 115 cm³/mol. The van der Waals surface area contributed by atoms with E-state index in [9.17, 15) is 15.0 Å². The number of hydrogen-bond acceptors (Lipinski definition) is 2. The highest BCUT2D eigenvalue weighted by Gasteiger charge is 2.36. The molecule has 1 N–H and O–H groups in total. The molecule has 1 radical (unpaired) electrons. The van der Waals surface area contributed by atoms with Crippen molar-refractivity contribution in [3.8, 4) is 11.5 Å². The Morgan fingerprint density at radius 3 is 1.79 bits per heavy atom. The molecule has 149 valence electrons. The summed E-state index contributed by atoms with van der Waals surface area (Å²) in [6.45, 7) is 18.0. The Morgan fingerprint density at radius 1 is 0.786 bits per heavy atom. The second kappa shape index (κ2) is 5.85. The van der Waals surface area contributed by atoms with Gasteiger partial charge in [0.05, 0.1) is 0 Å². The number of allylic oxidation sites excluding steroid dienone is 1. The molecule has 3 heteroatoms. The Bertz CT molecular complexity index is 1030. The van der Waals surface area contributed by atoms with Gasteiger partial charge in [-0.2, -0.15) is 0 Å². The number of Topliss-reactive ketones (excluding diaryl/α,β-unsaturated/α-hetero) is 1.